The van der Waals surface area contributed by atoms with E-state index in [-0.39, 0.29) is 5.75 Å². The first kappa shape index (κ1) is 12.2. The Morgan fingerprint density at radius 2 is 1.93 bits per heavy atom. The average Bonchev–Trinajstić information content (AvgIpc) is 2.15. The molecule has 15 heavy (non-hydrogen) atoms. The number of hydrogen-bond acceptors (Lipinski definition) is 4. The van der Waals surface area contributed by atoms with Crippen LogP contribution in [0.5, 0.6) is 5.75 Å². The van der Waals surface area contributed by atoms with Crippen molar-refractivity contribution >= 4 is 15.9 Å². The second-order valence-electron chi connectivity index (χ2n) is 2.56. The summed E-state index contributed by atoms with van der Waals surface area (Å²) >= 11 is 2.95. The van der Waals surface area contributed by atoms with Gasteiger partial charge in [0.1, 0.15) is 6.61 Å². The lowest BCUT2D eigenvalue weighted by atomic mass is 10.4. The van der Waals surface area contributed by atoms with Gasteiger partial charge in [-0.05, 0) is 15.9 Å². The Kier molecular flexibility index (Phi) is 3.86. The largest absolute Gasteiger partial charge is 0.487 e. The molecule has 0 fully saturated rings. The molecule has 0 bridgehead atoms. The van der Waals surface area contributed by atoms with Crippen LogP contribution in [-0.4, -0.2) is 34.0 Å². The number of aliphatic hydroxyl groups excluding tert-OH is 1. The summed E-state index contributed by atoms with van der Waals surface area (Å²) in [6, 6.07) is 0. The Morgan fingerprint density at radius 1 is 1.40 bits per heavy atom. The monoisotopic (exact) mass is 286 g/mol. The van der Waals surface area contributed by atoms with Crippen molar-refractivity contribution in [3.05, 3.63) is 17.1 Å². The zero-order valence-corrected chi connectivity index (χ0v) is 8.79. The second kappa shape index (κ2) is 4.75. The summed E-state index contributed by atoms with van der Waals surface area (Å²) in [4.78, 5) is 7.27. The number of halogens is 4. The molecule has 0 spiro atoms. The molecule has 1 aromatic rings. The summed E-state index contributed by atoms with van der Waals surface area (Å²) in [7, 11) is 0. The maximum Gasteiger partial charge on any atom is 0.417 e. The standard InChI is InChI=1S/C7H6BrF3N2O2/c8-6-12-1-4(2-13-6)15-3-5(14)7(9,10)11/h1-2,5,14H,3H2. The van der Waals surface area contributed by atoms with E-state index in [4.69, 9.17) is 5.11 Å². The lowest BCUT2D eigenvalue weighted by Crippen LogP contribution is -2.34. The van der Waals surface area contributed by atoms with E-state index in [0.717, 1.165) is 0 Å². The Labute approximate surface area is 91.2 Å². The molecule has 0 aliphatic carbocycles. The van der Waals surface area contributed by atoms with Gasteiger partial charge < -0.3 is 9.84 Å². The molecule has 1 heterocycles. The average molecular weight is 287 g/mol. The SMILES string of the molecule is OC(COc1cnc(Br)nc1)C(F)(F)F. The van der Waals surface area contributed by atoms with Crippen molar-refractivity contribution < 1.29 is 23.0 Å². The van der Waals surface area contributed by atoms with Gasteiger partial charge in [-0.15, -0.1) is 0 Å². The van der Waals surface area contributed by atoms with Crippen LogP contribution >= 0.6 is 15.9 Å². The van der Waals surface area contributed by atoms with Crippen molar-refractivity contribution in [1.82, 2.24) is 9.97 Å². The fraction of sp³-hybridized carbons (Fsp3) is 0.429. The molecule has 84 valence electrons. The van der Waals surface area contributed by atoms with Crippen LogP contribution < -0.4 is 4.74 Å². The van der Waals surface area contributed by atoms with Crippen molar-refractivity contribution in [2.24, 2.45) is 0 Å². The lowest BCUT2D eigenvalue weighted by molar-refractivity contribution is -0.210. The fourth-order valence-corrected chi connectivity index (χ4v) is 0.849. The van der Waals surface area contributed by atoms with E-state index < -0.39 is 18.9 Å². The van der Waals surface area contributed by atoms with Gasteiger partial charge in [-0.25, -0.2) is 9.97 Å². The predicted octanol–water partition coefficient (Wildman–Crippen LogP) is 1.54. The molecule has 1 unspecified atom stereocenters. The summed E-state index contributed by atoms with van der Waals surface area (Å²) in [5.41, 5.74) is 0. The molecule has 1 aromatic heterocycles. The van der Waals surface area contributed by atoms with E-state index in [9.17, 15) is 13.2 Å². The van der Waals surface area contributed by atoms with Gasteiger partial charge in [0, 0.05) is 0 Å². The normalized spacial score (nSPS) is 13.7. The molecule has 1 N–H and O–H groups in total. The summed E-state index contributed by atoms with van der Waals surface area (Å²) in [5, 5.41) is 8.60. The minimum Gasteiger partial charge on any atom is -0.487 e. The second-order valence-corrected chi connectivity index (χ2v) is 3.27. The van der Waals surface area contributed by atoms with E-state index >= 15 is 0 Å². The number of aliphatic hydroxyl groups is 1. The highest BCUT2D eigenvalue weighted by Crippen LogP contribution is 2.20. The summed E-state index contributed by atoms with van der Waals surface area (Å²) in [6.45, 7) is -0.880. The third-order valence-electron chi connectivity index (χ3n) is 1.38. The number of ether oxygens (including phenoxy) is 1. The topological polar surface area (TPSA) is 55.2 Å². The maximum absolute atomic E-state index is 11.8. The fourth-order valence-electron chi connectivity index (χ4n) is 0.645. The maximum atomic E-state index is 11.8. The van der Waals surface area contributed by atoms with E-state index in [0.29, 0.717) is 4.73 Å². The van der Waals surface area contributed by atoms with Crippen LogP contribution in [0.4, 0.5) is 13.2 Å². The third kappa shape index (κ3) is 4.00. The van der Waals surface area contributed by atoms with Crippen LogP contribution in [0.1, 0.15) is 0 Å². The molecule has 0 aliphatic heterocycles. The quantitative estimate of drug-likeness (QED) is 0.857. The molecule has 0 radical (unpaired) electrons. The van der Waals surface area contributed by atoms with E-state index in [1.165, 1.54) is 12.4 Å². The van der Waals surface area contributed by atoms with Crippen molar-refractivity contribution in [1.29, 1.82) is 0 Å². The third-order valence-corrected chi connectivity index (χ3v) is 1.79. The van der Waals surface area contributed by atoms with E-state index in [1.54, 1.807) is 0 Å². The van der Waals surface area contributed by atoms with E-state index in [1.807, 2.05) is 0 Å². The van der Waals surface area contributed by atoms with Gasteiger partial charge in [0.25, 0.3) is 0 Å². The lowest BCUT2D eigenvalue weighted by Gasteiger charge is -2.14. The number of rotatable bonds is 3. The smallest absolute Gasteiger partial charge is 0.417 e. The Bertz CT molecular complexity index is 317. The molecular weight excluding hydrogens is 281 g/mol. The summed E-state index contributed by atoms with van der Waals surface area (Å²) in [5.74, 6) is 0.0569. The summed E-state index contributed by atoms with van der Waals surface area (Å²) < 4.78 is 40.5. The Hall–Kier alpha value is -0.890. The number of nitrogens with zero attached hydrogens (tertiary/aromatic N) is 2. The molecule has 8 heteroatoms. The molecule has 0 amide bonds. The van der Waals surface area contributed by atoms with Crippen LogP contribution in [-0.2, 0) is 0 Å². The number of hydrogen-bond donors (Lipinski definition) is 1. The van der Waals surface area contributed by atoms with Crippen molar-refractivity contribution in [2.45, 2.75) is 12.3 Å². The van der Waals surface area contributed by atoms with Gasteiger partial charge in [0.2, 0.25) is 0 Å². The number of aromatic nitrogens is 2. The highest BCUT2D eigenvalue weighted by molar-refractivity contribution is 9.10. The zero-order chi connectivity index (χ0) is 11.5. The molecule has 1 atom stereocenters. The first-order chi connectivity index (χ1) is 6.89. The van der Waals surface area contributed by atoms with Crippen molar-refractivity contribution in [2.75, 3.05) is 6.61 Å². The summed E-state index contributed by atoms with van der Waals surface area (Å²) in [6.07, 6.45) is -4.81. The Morgan fingerprint density at radius 3 is 2.40 bits per heavy atom. The van der Waals surface area contributed by atoms with Crippen molar-refractivity contribution in [3.8, 4) is 5.75 Å². The molecular formula is C7H6BrF3N2O2. The molecule has 0 saturated heterocycles. The molecule has 1 rings (SSSR count). The first-order valence-electron chi connectivity index (χ1n) is 3.74. The molecule has 0 aromatic carbocycles. The van der Waals surface area contributed by atoms with Crippen LogP contribution in [0.25, 0.3) is 0 Å². The van der Waals surface area contributed by atoms with Crippen molar-refractivity contribution in [3.63, 3.8) is 0 Å². The minimum atomic E-state index is -4.68. The van der Waals surface area contributed by atoms with Crippen LogP contribution in [0.15, 0.2) is 17.1 Å². The predicted molar refractivity (Wildman–Crippen MR) is 47.3 cm³/mol. The highest BCUT2D eigenvalue weighted by atomic mass is 79.9. The van der Waals surface area contributed by atoms with Gasteiger partial charge in [0.15, 0.2) is 16.6 Å². The Balaban J connectivity index is 2.47. The zero-order valence-electron chi connectivity index (χ0n) is 7.20. The molecule has 0 saturated carbocycles. The van der Waals surface area contributed by atoms with Gasteiger partial charge in [-0.1, -0.05) is 0 Å². The van der Waals surface area contributed by atoms with Crippen LogP contribution in [0, 0.1) is 0 Å². The van der Waals surface area contributed by atoms with Gasteiger partial charge in [-0.2, -0.15) is 13.2 Å². The van der Waals surface area contributed by atoms with Crippen LogP contribution in [0.3, 0.4) is 0 Å². The molecule has 4 nitrogen and oxygen atoms in total. The van der Waals surface area contributed by atoms with Gasteiger partial charge in [0.05, 0.1) is 12.4 Å². The van der Waals surface area contributed by atoms with E-state index in [2.05, 4.69) is 30.6 Å². The number of alkyl halides is 3. The van der Waals surface area contributed by atoms with Gasteiger partial charge >= 0.3 is 6.18 Å². The highest BCUT2D eigenvalue weighted by Gasteiger charge is 2.38. The minimum absolute atomic E-state index is 0.0569. The van der Waals surface area contributed by atoms with Gasteiger partial charge in [-0.3, -0.25) is 0 Å². The first-order valence-corrected chi connectivity index (χ1v) is 4.54. The molecule has 0 aliphatic rings. The van der Waals surface area contributed by atoms with Crippen LogP contribution in [0.2, 0.25) is 0 Å².